The standard InChI is InChI=1S/C9H13FN4O/c1-2-15-8-4-3-6(5-7(8)10)13-9(11)14-12/h3-5H,2,12H2,1H3,(H3,11,13,14). The van der Waals surface area contributed by atoms with Crippen LogP contribution in [0, 0.1) is 5.82 Å². The van der Waals surface area contributed by atoms with Gasteiger partial charge >= 0.3 is 0 Å². The van der Waals surface area contributed by atoms with Gasteiger partial charge in [-0.25, -0.2) is 15.2 Å². The van der Waals surface area contributed by atoms with Gasteiger partial charge in [-0.05, 0) is 19.1 Å². The molecule has 15 heavy (non-hydrogen) atoms. The molecule has 0 saturated heterocycles. The van der Waals surface area contributed by atoms with E-state index in [-0.39, 0.29) is 11.7 Å². The number of nitrogens with one attached hydrogen (secondary N) is 1. The SMILES string of the molecule is CCOc1ccc(N=C(N)NN)cc1F. The molecule has 0 aliphatic heterocycles. The molecule has 1 aromatic carbocycles. The minimum absolute atomic E-state index is 0.0126. The van der Waals surface area contributed by atoms with Crippen molar-refractivity contribution in [2.75, 3.05) is 6.61 Å². The van der Waals surface area contributed by atoms with E-state index in [9.17, 15) is 4.39 Å². The first-order valence-corrected chi connectivity index (χ1v) is 4.40. The molecule has 6 heteroatoms. The van der Waals surface area contributed by atoms with Crippen molar-refractivity contribution in [1.82, 2.24) is 5.43 Å². The van der Waals surface area contributed by atoms with Crippen LogP contribution in [0.1, 0.15) is 6.92 Å². The number of hydrazine groups is 1. The summed E-state index contributed by atoms with van der Waals surface area (Å²) >= 11 is 0. The van der Waals surface area contributed by atoms with Crippen molar-refractivity contribution in [3.8, 4) is 5.75 Å². The van der Waals surface area contributed by atoms with Crippen LogP contribution in [0.4, 0.5) is 10.1 Å². The van der Waals surface area contributed by atoms with Crippen LogP contribution in [0.15, 0.2) is 23.2 Å². The van der Waals surface area contributed by atoms with Crippen LogP contribution in [0.3, 0.4) is 0 Å². The fraction of sp³-hybridized carbons (Fsp3) is 0.222. The number of ether oxygens (including phenoxy) is 1. The lowest BCUT2D eigenvalue weighted by Gasteiger charge is -2.05. The normalized spacial score (nSPS) is 11.3. The van der Waals surface area contributed by atoms with E-state index in [1.54, 1.807) is 13.0 Å². The van der Waals surface area contributed by atoms with Gasteiger partial charge in [-0.15, -0.1) is 0 Å². The average Bonchev–Trinajstić information content (AvgIpc) is 2.22. The summed E-state index contributed by atoms with van der Waals surface area (Å²) < 4.78 is 18.3. The van der Waals surface area contributed by atoms with E-state index in [0.29, 0.717) is 12.3 Å². The largest absolute Gasteiger partial charge is 0.491 e. The number of benzene rings is 1. The number of halogens is 1. The van der Waals surface area contributed by atoms with E-state index >= 15 is 0 Å². The van der Waals surface area contributed by atoms with Gasteiger partial charge in [0.1, 0.15) is 0 Å². The Bertz CT molecular complexity index is 367. The minimum atomic E-state index is -0.483. The van der Waals surface area contributed by atoms with Crippen LogP contribution in [0.2, 0.25) is 0 Å². The van der Waals surface area contributed by atoms with Gasteiger partial charge in [-0.1, -0.05) is 0 Å². The Morgan fingerprint density at radius 3 is 2.87 bits per heavy atom. The van der Waals surface area contributed by atoms with Crippen molar-refractivity contribution in [3.05, 3.63) is 24.0 Å². The molecular formula is C9H13FN4O. The summed E-state index contributed by atoms with van der Waals surface area (Å²) in [6, 6.07) is 4.29. The Kier molecular flexibility index (Phi) is 3.87. The molecule has 0 unspecified atom stereocenters. The van der Waals surface area contributed by atoms with Gasteiger partial charge in [0, 0.05) is 6.07 Å². The molecule has 0 radical (unpaired) electrons. The zero-order valence-corrected chi connectivity index (χ0v) is 8.33. The summed E-state index contributed by atoms with van der Waals surface area (Å²) in [7, 11) is 0. The molecule has 5 N–H and O–H groups in total. The molecule has 0 bridgehead atoms. The van der Waals surface area contributed by atoms with Crippen molar-refractivity contribution in [3.63, 3.8) is 0 Å². The molecule has 0 atom stereocenters. The molecule has 0 heterocycles. The second-order valence-corrected chi connectivity index (χ2v) is 2.69. The molecule has 1 aromatic rings. The van der Waals surface area contributed by atoms with Gasteiger partial charge in [0.2, 0.25) is 5.96 Å². The molecule has 0 spiro atoms. The third kappa shape index (κ3) is 3.10. The molecule has 0 fully saturated rings. The molecule has 0 amide bonds. The Hall–Kier alpha value is -1.82. The highest BCUT2D eigenvalue weighted by molar-refractivity contribution is 5.80. The fourth-order valence-corrected chi connectivity index (χ4v) is 1.00. The summed E-state index contributed by atoms with van der Waals surface area (Å²) in [6.45, 7) is 2.19. The lowest BCUT2D eigenvalue weighted by molar-refractivity contribution is 0.321. The summed E-state index contributed by atoms with van der Waals surface area (Å²) in [5.41, 5.74) is 7.83. The predicted molar refractivity (Wildman–Crippen MR) is 56.2 cm³/mol. The number of aliphatic imine (C=N–C) groups is 1. The number of nitrogens with zero attached hydrogens (tertiary/aromatic N) is 1. The van der Waals surface area contributed by atoms with E-state index in [0.717, 1.165) is 0 Å². The van der Waals surface area contributed by atoms with Crippen LogP contribution in [-0.4, -0.2) is 12.6 Å². The Balaban J connectivity index is 2.91. The summed E-state index contributed by atoms with van der Waals surface area (Å²) in [6.07, 6.45) is 0. The first-order chi connectivity index (χ1) is 7.17. The van der Waals surface area contributed by atoms with Gasteiger partial charge in [-0.3, -0.25) is 5.43 Å². The van der Waals surface area contributed by atoms with Crippen LogP contribution in [-0.2, 0) is 0 Å². The van der Waals surface area contributed by atoms with Gasteiger partial charge < -0.3 is 10.5 Å². The minimum Gasteiger partial charge on any atom is -0.491 e. The monoisotopic (exact) mass is 212 g/mol. The van der Waals surface area contributed by atoms with E-state index in [1.165, 1.54) is 12.1 Å². The number of guanidine groups is 1. The predicted octanol–water partition coefficient (Wildman–Crippen LogP) is 0.634. The maximum Gasteiger partial charge on any atom is 0.208 e. The van der Waals surface area contributed by atoms with Crippen LogP contribution < -0.4 is 21.7 Å². The molecule has 0 aromatic heterocycles. The maximum atomic E-state index is 13.3. The smallest absolute Gasteiger partial charge is 0.208 e. The van der Waals surface area contributed by atoms with E-state index < -0.39 is 5.82 Å². The molecule has 82 valence electrons. The zero-order chi connectivity index (χ0) is 11.3. The molecular weight excluding hydrogens is 199 g/mol. The Morgan fingerprint density at radius 1 is 1.60 bits per heavy atom. The van der Waals surface area contributed by atoms with Crippen molar-refractivity contribution < 1.29 is 9.13 Å². The summed E-state index contributed by atoms with van der Waals surface area (Å²) in [5, 5.41) is 0. The van der Waals surface area contributed by atoms with E-state index in [4.69, 9.17) is 16.3 Å². The lowest BCUT2D eigenvalue weighted by atomic mass is 10.3. The van der Waals surface area contributed by atoms with Gasteiger partial charge in [-0.2, -0.15) is 0 Å². The molecule has 1 rings (SSSR count). The first kappa shape index (κ1) is 11.3. The zero-order valence-electron chi connectivity index (χ0n) is 8.33. The van der Waals surface area contributed by atoms with Crippen LogP contribution in [0.25, 0.3) is 0 Å². The second-order valence-electron chi connectivity index (χ2n) is 2.69. The van der Waals surface area contributed by atoms with Crippen molar-refractivity contribution >= 4 is 11.6 Å². The third-order valence-electron chi connectivity index (χ3n) is 1.61. The Labute approximate surface area is 86.9 Å². The molecule has 5 nitrogen and oxygen atoms in total. The number of rotatable bonds is 3. The van der Waals surface area contributed by atoms with Gasteiger partial charge in [0.25, 0.3) is 0 Å². The average molecular weight is 212 g/mol. The summed E-state index contributed by atoms with van der Waals surface area (Å²) in [5.74, 6) is 4.73. The highest BCUT2D eigenvalue weighted by atomic mass is 19.1. The van der Waals surface area contributed by atoms with Crippen LogP contribution in [0.5, 0.6) is 5.75 Å². The quantitative estimate of drug-likeness (QED) is 0.297. The highest BCUT2D eigenvalue weighted by Crippen LogP contribution is 2.22. The first-order valence-electron chi connectivity index (χ1n) is 4.40. The molecule has 0 saturated carbocycles. The number of hydrogen-bond donors (Lipinski definition) is 3. The van der Waals surface area contributed by atoms with Crippen molar-refractivity contribution in [2.24, 2.45) is 16.6 Å². The topological polar surface area (TPSA) is 85.7 Å². The molecule has 0 aliphatic carbocycles. The van der Waals surface area contributed by atoms with Crippen molar-refractivity contribution in [1.29, 1.82) is 0 Å². The second kappa shape index (κ2) is 5.16. The lowest BCUT2D eigenvalue weighted by Crippen LogP contribution is -2.36. The fourth-order valence-electron chi connectivity index (χ4n) is 1.00. The third-order valence-corrected chi connectivity index (χ3v) is 1.61. The van der Waals surface area contributed by atoms with E-state index in [2.05, 4.69) is 10.4 Å². The van der Waals surface area contributed by atoms with Crippen molar-refractivity contribution in [2.45, 2.75) is 6.92 Å². The van der Waals surface area contributed by atoms with Crippen LogP contribution >= 0.6 is 0 Å². The Morgan fingerprint density at radius 2 is 2.33 bits per heavy atom. The van der Waals surface area contributed by atoms with E-state index in [1.807, 2.05) is 0 Å². The summed E-state index contributed by atoms with van der Waals surface area (Å²) in [4.78, 5) is 3.80. The number of nitrogens with two attached hydrogens (primary N) is 2. The van der Waals surface area contributed by atoms with Gasteiger partial charge in [0.05, 0.1) is 12.3 Å². The van der Waals surface area contributed by atoms with Gasteiger partial charge in [0.15, 0.2) is 11.6 Å². The molecule has 0 aliphatic rings. The highest BCUT2D eigenvalue weighted by Gasteiger charge is 2.03. The maximum absolute atomic E-state index is 13.3. The number of hydrogen-bond acceptors (Lipinski definition) is 3.